The van der Waals surface area contributed by atoms with Gasteiger partial charge in [-0.25, -0.2) is 4.39 Å². The van der Waals surface area contributed by atoms with Crippen LogP contribution in [0.1, 0.15) is 18.1 Å². The standard InChI is InChI=1S/C18H20FNOS/c1-13-7-9-17(10-8-13)22-14(2)18(21)20(3)12-15-5-4-6-16(19)11-15/h4-11,14H,12H2,1-3H3. The van der Waals surface area contributed by atoms with Crippen LogP contribution in [-0.4, -0.2) is 23.1 Å². The summed E-state index contributed by atoms with van der Waals surface area (Å²) >= 11 is 1.54. The fourth-order valence-corrected chi connectivity index (χ4v) is 3.15. The molecule has 116 valence electrons. The molecule has 2 aromatic carbocycles. The van der Waals surface area contributed by atoms with E-state index in [0.29, 0.717) is 6.54 Å². The third-order valence-electron chi connectivity index (χ3n) is 3.37. The molecular formula is C18H20FNOS. The van der Waals surface area contributed by atoms with E-state index in [1.54, 1.807) is 18.0 Å². The number of aryl methyl sites for hydroxylation is 1. The molecule has 0 saturated heterocycles. The normalized spacial score (nSPS) is 12.0. The van der Waals surface area contributed by atoms with Crippen LogP contribution in [0.15, 0.2) is 53.4 Å². The number of benzene rings is 2. The molecule has 0 aliphatic heterocycles. The SMILES string of the molecule is Cc1ccc(SC(C)C(=O)N(C)Cc2cccc(F)c2)cc1. The number of carbonyl (C=O) groups is 1. The molecule has 0 aliphatic carbocycles. The maximum absolute atomic E-state index is 13.2. The average molecular weight is 317 g/mol. The van der Waals surface area contributed by atoms with Crippen LogP contribution in [0, 0.1) is 12.7 Å². The van der Waals surface area contributed by atoms with Crippen molar-refractivity contribution in [3.05, 3.63) is 65.5 Å². The number of nitrogens with zero attached hydrogens (tertiary/aromatic N) is 1. The Labute approximate surface area is 135 Å². The lowest BCUT2D eigenvalue weighted by atomic mass is 10.2. The van der Waals surface area contributed by atoms with Gasteiger partial charge >= 0.3 is 0 Å². The average Bonchev–Trinajstić information content (AvgIpc) is 2.48. The van der Waals surface area contributed by atoms with E-state index < -0.39 is 0 Å². The fraction of sp³-hybridized carbons (Fsp3) is 0.278. The monoisotopic (exact) mass is 317 g/mol. The molecule has 2 nitrogen and oxygen atoms in total. The fourth-order valence-electron chi connectivity index (χ4n) is 2.17. The Morgan fingerprint density at radius 2 is 1.91 bits per heavy atom. The minimum atomic E-state index is -0.277. The quantitative estimate of drug-likeness (QED) is 0.767. The maximum Gasteiger partial charge on any atom is 0.235 e. The predicted octanol–water partition coefficient (Wildman–Crippen LogP) is 4.27. The van der Waals surface area contributed by atoms with Crippen molar-refractivity contribution < 1.29 is 9.18 Å². The molecule has 4 heteroatoms. The van der Waals surface area contributed by atoms with Crippen molar-refractivity contribution in [3.63, 3.8) is 0 Å². The number of hydrogen-bond acceptors (Lipinski definition) is 2. The summed E-state index contributed by atoms with van der Waals surface area (Å²) in [5.41, 5.74) is 2.00. The van der Waals surface area contributed by atoms with Gasteiger partial charge in [0.05, 0.1) is 5.25 Å². The maximum atomic E-state index is 13.2. The van der Waals surface area contributed by atoms with E-state index in [2.05, 4.69) is 0 Å². The minimum absolute atomic E-state index is 0.0369. The van der Waals surface area contributed by atoms with Gasteiger partial charge in [-0.1, -0.05) is 29.8 Å². The van der Waals surface area contributed by atoms with E-state index in [9.17, 15) is 9.18 Å². The highest BCUT2D eigenvalue weighted by Gasteiger charge is 2.18. The summed E-state index contributed by atoms with van der Waals surface area (Å²) in [5, 5.41) is -0.179. The minimum Gasteiger partial charge on any atom is -0.340 e. The molecule has 0 bridgehead atoms. The Bertz CT molecular complexity index is 642. The lowest BCUT2D eigenvalue weighted by Gasteiger charge is -2.21. The summed E-state index contributed by atoms with van der Waals surface area (Å²) in [6.07, 6.45) is 0. The first-order valence-corrected chi connectivity index (χ1v) is 8.06. The first-order chi connectivity index (χ1) is 10.5. The molecular weight excluding hydrogens is 297 g/mol. The van der Waals surface area contributed by atoms with Crippen molar-refractivity contribution in [3.8, 4) is 0 Å². The van der Waals surface area contributed by atoms with E-state index in [1.807, 2.05) is 44.2 Å². The molecule has 2 aromatic rings. The smallest absolute Gasteiger partial charge is 0.235 e. The topological polar surface area (TPSA) is 20.3 Å². The van der Waals surface area contributed by atoms with Crippen LogP contribution in [0.3, 0.4) is 0 Å². The van der Waals surface area contributed by atoms with E-state index in [-0.39, 0.29) is 17.0 Å². The number of thioether (sulfide) groups is 1. The van der Waals surface area contributed by atoms with Gasteiger partial charge in [0.25, 0.3) is 0 Å². The molecule has 0 N–H and O–H groups in total. The van der Waals surface area contributed by atoms with E-state index in [1.165, 1.54) is 29.5 Å². The van der Waals surface area contributed by atoms with Gasteiger partial charge in [-0.15, -0.1) is 11.8 Å². The Balaban J connectivity index is 1.96. The van der Waals surface area contributed by atoms with Gasteiger partial charge in [0, 0.05) is 18.5 Å². The van der Waals surface area contributed by atoms with Gasteiger partial charge < -0.3 is 4.90 Å². The Morgan fingerprint density at radius 1 is 1.23 bits per heavy atom. The van der Waals surface area contributed by atoms with Crippen molar-refractivity contribution in [2.45, 2.75) is 30.5 Å². The number of hydrogen-bond donors (Lipinski definition) is 0. The molecule has 2 rings (SSSR count). The lowest BCUT2D eigenvalue weighted by Crippen LogP contribution is -2.32. The van der Waals surface area contributed by atoms with Gasteiger partial charge in [-0.05, 0) is 43.7 Å². The third-order valence-corrected chi connectivity index (χ3v) is 4.47. The molecule has 0 fully saturated rings. The van der Waals surface area contributed by atoms with Crippen LogP contribution in [0.4, 0.5) is 4.39 Å². The highest BCUT2D eigenvalue weighted by molar-refractivity contribution is 8.00. The van der Waals surface area contributed by atoms with Crippen LogP contribution in [-0.2, 0) is 11.3 Å². The molecule has 0 heterocycles. The van der Waals surface area contributed by atoms with Crippen molar-refractivity contribution in [1.29, 1.82) is 0 Å². The molecule has 0 aromatic heterocycles. The molecule has 0 spiro atoms. The number of halogens is 1. The summed E-state index contributed by atoms with van der Waals surface area (Å²) in [5.74, 6) is -0.240. The van der Waals surface area contributed by atoms with E-state index in [0.717, 1.165) is 10.5 Å². The molecule has 22 heavy (non-hydrogen) atoms. The van der Waals surface area contributed by atoms with Crippen molar-refractivity contribution >= 4 is 17.7 Å². The van der Waals surface area contributed by atoms with E-state index >= 15 is 0 Å². The third kappa shape index (κ3) is 4.60. The zero-order chi connectivity index (χ0) is 16.1. The number of rotatable bonds is 5. The Hall–Kier alpha value is -1.81. The Kier molecular flexibility index (Phi) is 5.61. The predicted molar refractivity (Wildman–Crippen MR) is 89.4 cm³/mol. The lowest BCUT2D eigenvalue weighted by molar-refractivity contribution is -0.129. The van der Waals surface area contributed by atoms with Crippen LogP contribution >= 0.6 is 11.8 Å². The molecule has 0 aliphatic rings. The van der Waals surface area contributed by atoms with Gasteiger partial charge in [-0.2, -0.15) is 0 Å². The van der Waals surface area contributed by atoms with Gasteiger partial charge in [0.1, 0.15) is 5.82 Å². The van der Waals surface area contributed by atoms with Gasteiger partial charge in [-0.3, -0.25) is 4.79 Å². The highest BCUT2D eigenvalue weighted by atomic mass is 32.2. The molecule has 0 saturated carbocycles. The summed E-state index contributed by atoms with van der Waals surface area (Å²) in [4.78, 5) is 15.1. The second kappa shape index (κ2) is 7.45. The van der Waals surface area contributed by atoms with Crippen molar-refractivity contribution in [2.24, 2.45) is 0 Å². The molecule has 0 radical (unpaired) electrons. The molecule has 1 unspecified atom stereocenters. The zero-order valence-electron chi connectivity index (χ0n) is 13.0. The van der Waals surface area contributed by atoms with Crippen molar-refractivity contribution in [1.82, 2.24) is 4.90 Å². The second-order valence-corrected chi connectivity index (χ2v) is 6.81. The summed E-state index contributed by atoms with van der Waals surface area (Å²) < 4.78 is 13.2. The van der Waals surface area contributed by atoms with Crippen LogP contribution < -0.4 is 0 Å². The van der Waals surface area contributed by atoms with Crippen molar-refractivity contribution in [2.75, 3.05) is 7.05 Å². The first-order valence-electron chi connectivity index (χ1n) is 7.18. The van der Waals surface area contributed by atoms with Gasteiger partial charge in [0.15, 0.2) is 0 Å². The number of amides is 1. The Morgan fingerprint density at radius 3 is 2.55 bits per heavy atom. The van der Waals surface area contributed by atoms with Crippen LogP contribution in [0.5, 0.6) is 0 Å². The summed E-state index contributed by atoms with van der Waals surface area (Å²) in [7, 11) is 1.75. The summed E-state index contributed by atoms with van der Waals surface area (Å²) in [6.45, 7) is 4.35. The van der Waals surface area contributed by atoms with E-state index in [4.69, 9.17) is 0 Å². The van der Waals surface area contributed by atoms with Crippen LogP contribution in [0.25, 0.3) is 0 Å². The second-order valence-electron chi connectivity index (χ2n) is 5.40. The largest absolute Gasteiger partial charge is 0.340 e. The van der Waals surface area contributed by atoms with Gasteiger partial charge in [0.2, 0.25) is 5.91 Å². The molecule has 1 amide bonds. The highest BCUT2D eigenvalue weighted by Crippen LogP contribution is 2.25. The first kappa shape index (κ1) is 16.6. The van der Waals surface area contributed by atoms with Crippen LogP contribution in [0.2, 0.25) is 0 Å². The molecule has 1 atom stereocenters. The zero-order valence-corrected chi connectivity index (χ0v) is 13.9. The number of carbonyl (C=O) groups excluding carboxylic acids is 1. The summed E-state index contributed by atoms with van der Waals surface area (Å²) in [6, 6.07) is 14.5.